The molecule has 1 N–H and O–H groups in total. The van der Waals surface area contributed by atoms with E-state index in [0.717, 1.165) is 24.8 Å². The first-order valence-electron chi connectivity index (χ1n) is 8.47. The zero-order chi connectivity index (χ0) is 14.5. The van der Waals surface area contributed by atoms with Gasteiger partial charge in [-0.05, 0) is 36.5 Å². The fourth-order valence-electron chi connectivity index (χ4n) is 4.02. The molecule has 1 atom stereocenters. The Balaban J connectivity index is 1.85. The fourth-order valence-corrected chi connectivity index (χ4v) is 4.02. The Labute approximate surface area is 128 Å². The monoisotopic (exact) mass is 288 g/mol. The van der Waals surface area contributed by atoms with Crippen LogP contribution >= 0.6 is 0 Å². The summed E-state index contributed by atoms with van der Waals surface area (Å²) in [4.78, 5) is 2.70. The van der Waals surface area contributed by atoms with Crippen molar-refractivity contribution in [2.24, 2.45) is 5.92 Å². The van der Waals surface area contributed by atoms with E-state index >= 15 is 0 Å². The maximum Gasteiger partial charge on any atom is 0.119 e. The van der Waals surface area contributed by atoms with E-state index in [1.807, 2.05) is 0 Å². The highest BCUT2D eigenvalue weighted by molar-refractivity contribution is 5.31. The molecular formula is C18H28N2O. The molecule has 1 saturated carbocycles. The van der Waals surface area contributed by atoms with Crippen LogP contribution in [0.3, 0.4) is 0 Å². The van der Waals surface area contributed by atoms with Crippen LogP contribution in [0.5, 0.6) is 5.75 Å². The molecular weight excluding hydrogens is 260 g/mol. The van der Waals surface area contributed by atoms with E-state index in [2.05, 4.69) is 34.5 Å². The Morgan fingerprint density at radius 2 is 1.90 bits per heavy atom. The van der Waals surface area contributed by atoms with Gasteiger partial charge in [-0.15, -0.1) is 0 Å². The molecule has 1 saturated heterocycles. The SMILES string of the molecule is COc1cccc([C@H](C2CCCCC2)N2CCNCC2)c1. The highest BCUT2D eigenvalue weighted by atomic mass is 16.5. The Morgan fingerprint density at radius 1 is 1.14 bits per heavy atom. The third-order valence-electron chi connectivity index (χ3n) is 5.08. The minimum atomic E-state index is 0.572. The number of ether oxygens (including phenoxy) is 1. The summed E-state index contributed by atoms with van der Waals surface area (Å²) in [5.41, 5.74) is 1.45. The van der Waals surface area contributed by atoms with E-state index < -0.39 is 0 Å². The first-order chi connectivity index (χ1) is 10.4. The molecule has 2 aliphatic rings. The summed E-state index contributed by atoms with van der Waals surface area (Å²) in [6, 6.07) is 9.32. The molecule has 2 fully saturated rings. The Hall–Kier alpha value is -1.06. The maximum absolute atomic E-state index is 5.45. The molecule has 0 aromatic heterocycles. The summed E-state index contributed by atoms with van der Waals surface area (Å²) in [5, 5.41) is 3.48. The quantitative estimate of drug-likeness (QED) is 0.920. The molecule has 1 heterocycles. The van der Waals surface area contributed by atoms with Crippen LogP contribution in [0.2, 0.25) is 0 Å². The molecule has 1 aliphatic carbocycles. The van der Waals surface area contributed by atoms with Crippen LogP contribution in [0, 0.1) is 5.92 Å². The number of nitrogens with one attached hydrogen (secondary N) is 1. The van der Waals surface area contributed by atoms with Gasteiger partial charge in [0.25, 0.3) is 0 Å². The third kappa shape index (κ3) is 3.58. The molecule has 3 rings (SSSR count). The van der Waals surface area contributed by atoms with E-state index in [1.54, 1.807) is 7.11 Å². The van der Waals surface area contributed by atoms with Crippen LogP contribution in [0.25, 0.3) is 0 Å². The van der Waals surface area contributed by atoms with Gasteiger partial charge in [-0.25, -0.2) is 0 Å². The molecule has 0 spiro atoms. The minimum Gasteiger partial charge on any atom is -0.497 e. The largest absolute Gasteiger partial charge is 0.497 e. The predicted octanol–water partition coefficient (Wildman–Crippen LogP) is 3.22. The summed E-state index contributed by atoms with van der Waals surface area (Å²) in [6.45, 7) is 4.57. The molecule has 0 unspecified atom stereocenters. The summed E-state index contributed by atoms with van der Waals surface area (Å²) in [7, 11) is 1.76. The van der Waals surface area contributed by atoms with E-state index in [0.29, 0.717) is 6.04 Å². The number of nitrogens with zero attached hydrogens (tertiary/aromatic N) is 1. The molecule has 3 heteroatoms. The first kappa shape index (κ1) is 14.9. The van der Waals surface area contributed by atoms with Gasteiger partial charge in [-0.2, -0.15) is 0 Å². The summed E-state index contributed by atoms with van der Waals surface area (Å²) in [6.07, 6.45) is 6.98. The average molecular weight is 288 g/mol. The lowest BCUT2D eigenvalue weighted by Crippen LogP contribution is -2.47. The van der Waals surface area contributed by atoms with Crippen LogP contribution in [0.1, 0.15) is 43.7 Å². The topological polar surface area (TPSA) is 24.5 Å². The predicted molar refractivity (Wildman–Crippen MR) is 86.8 cm³/mol. The Morgan fingerprint density at radius 3 is 2.62 bits per heavy atom. The van der Waals surface area contributed by atoms with Crippen molar-refractivity contribution in [2.45, 2.75) is 38.1 Å². The second-order valence-electron chi connectivity index (χ2n) is 6.41. The number of benzene rings is 1. The van der Waals surface area contributed by atoms with E-state index in [9.17, 15) is 0 Å². The second-order valence-corrected chi connectivity index (χ2v) is 6.41. The van der Waals surface area contributed by atoms with Crippen molar-refractivity contribution in [2.75, 3.05) is 33.3 Å². The van der Waals surface area contributed by atoms with Crippen LogP contribution in [0.4, 0.5) is 0 Å². The highest BCUT2D eigenvalue weighted by Gasteiger charge is 2.30. The summed E-state index contributed by atoms with van der Waals surface area (Å²) >= 11 is 0. The van der Waals surface area contributed by atoms with E-state index in [4.69, 9.17) is 4.74 Å². The average Bonchev–Trinajstić information content (AvgIpc) is 2.57. The van der Waals surface area contributed by atoms with Crippen LogP contribution in [-0.2, 0) is 0 Å². The van der Waals surface area contributed by atoms with Gasteiger partial charge in [-0.1, -0.05) is 31.4 Å². The van der Waals surface area contributed by atoms with Crippen molar-refractivity contribution in [3.05, 3.63) is 29.8 Å². The standard InChI is InChI=1S/C18H28N2O/c1-21-17-9-5-8-16(14-17)18(15-6-3-2-4-7-15)20-12-10-19-11-13-20/h5,8-9,14-15,18-19H,2-4,6-7,10-13H2,1H3/t18-/m0/s1. The number of rotatable bonds is 4. The molecule has 21 heavy (non-hydrogen) atoms. The lowest BCUT2D eigenvalue weighted by atomic mass is 9.80. The van der Waals surface area contributed by atoms with Gasteiger partial charge in [0.1, 0.15) is 5.75 Å². The summed E-state index contributed by atoms with van der Waals surface area (Å²) < 4.78 is 5.45. The molecule has 1 aromatic carbocycles. The normalized spacial score (nSPS) is 22.9. The summed E-state index contributed by atoms with van der Waals surface area (Å²) in [5.74, 6) is 1.80. The lowest BCUT2D eigenvalue weighted by molar-refractivity contribution is 0.103. The maximum atomic E-state index is 5.45. The second kappa shape index (κ2) is 7.28. The Kier molecular flexibility index (Phi) is 5.15. The third-order valence-corrected chi connectivity index (χ3v) is 5.08. The molecule has 0 amide bonds. The van der Waals surface area contributed by atoms with E-state index in [-0.39, 0.29) is 0 Å². The molecule has 1 aliphatic heterocycles. The lowest BCUT2D eigenvalue weighted by Gasteiger charge is -2.41. The van der Waals surface area contributed by atoms with Gasteiger partial charge in [0, 0.05) is 32.2 Å². The van der Waals surface area contributed by atoms with Gasteiger partial charge in [0.15, 0.2) is 0 Å². The van der Waals surface area contributed by atoms with Crippen molar-refractivity contribution in [1.29, 1.82) is 0 Å². The zero-order valence-corrected chi connectivity index (χ0v) is 13.2. The van der Waals surface area contributed by atoms with Crippen molar-refractivity contribution in [1.82, 2.24) is 10.2 Å². The Bertz CT molecular complexity index is 419. The number of hydrogen-bond donors (Lipinski definition) is 1. The molecule has 0 radical (unpaired) electrons. The fraction of sp³-hybridized carbons (Fsp3) is 0.667. The van der Waals surface area contributed by atoms with Gasteiger partial charge in [0.05, 0.1) is 7.11 Å². The van der Waals surface area contributed by atoms with Crippen molar-refractivity contribution in [3.63, 3.8) is 0 Å². The zero-order valence-electron chi connectivity index (χ0n) is 13.2. The van der Waals surface area contributed by atoms with Crippen molar-refractivity contribution in [3.8, 4) is 5.75 Å². The van der Waals surface area contributed by atoms with Crippen LogP contribution in [-0.4, -0.2) is 38.2 Å². The highest BCUT2D eigenvalue weighted by Crippen LogP contribution is 2.39. The minimum absolute atomic E-state index is 0.572. The van der Waals surface area contributed by atoms with Gasteiger partial charge < -0.3 is 10.1 Å². The van der Waals surface area contributed by atoms with Crippen LogP contribution in [0.15, 0.2) is 24.3 Å². The van der Waals surface area contributed by atoms with E-state index in [1.165, 1.54) is 50.8 Å². The van der Waals surface area contributed by atoms with Crippen molar-refractivity contribution < 1.29 is 4.74 Å². The molecule has 116 valence electrons. The number of piperazine rings is 1. The van der Waals surface area contributed by atoms with Gasteiger partial charge in [0.2, 0.25) is 0 Å². The van der Waals surface area contributed by atoms with Gasteiger partial charge in [-0.3, -0.25) is 4.90 Å². The first-order valence-corrected chi connectivity index (χ1v) is 8.47. The molecule has 3 nitrogen and oxygen atoms in total. The van der Waals surface area contributed by atoms with Gasteiger partial charge >= 0.3 is 0 Å². The number of methoxy groups -OCH3 is 1. The molecule has 1 aromatic rings. The number of hydrogen-bond acceptors (Lipinski definition) is 3. The molecule has 0 bridgehead atoms. The van der Waals surface area contributed by atoms with Crippen LogP contribution < -0.4 is 10.1 Å². The van der Waals surface area contributed by atoms with Crippen molar-refractivity contribution >= 4 is 0 Å². The smallest absolute Gasteiger partial charge is 0.119 e.